The van der Waals surface area contributed by atoms with Gasteiger partial charge in [0.2, 0.25) is 0 Å². The van der Waals surface area contributed by atoms with Crippen molar-refractivity contribution in [1.82, 2.24) is 20.4 Å². The van der Waals surface area contributed by atoms with Gasteiger partial charge < -0.3 is 31.6 Å². The number of ketones is 2. The second-order valence-corrected chi connectivity index (χ2v) is 20.3. The topological polar surface area (TPSA) is 169 Å². The highest BCUT2D eigenvalue weighted by molar-refractivity contribution is 5.90. The molecule has 68 heavy (non-hydrogen) atoms. The molecule has 0 spiro atoms. The fraction of sp³-hybridized carbons (Fsp3) is 0.500. The third kappa shape index (κ3) is 14.2. The van der Waals surface area contributed by atoms with Crippen molar-refractivity contribution in [2.75, 3.05) is 24.6 Å². The van der Waals surface area contributed by atoms with Gasteiger partial charge in [-0.05, 0) is 151 Å². The number of Topliss-reactive ketones (excluding diaryl/α,β-unsaturated/α-hetero) is 2. The quantitative estimate of drug-likeness (QED) is 0.112. The first-order valence-corrected chi connectivity index (χ1v) is 23.7. The lowest BCUT2D eigenvalue weighted by molar-refractivity contribution is -0.123. The minimum Gasteiger partial charge on any atom is -0.444 e. The van der Waals surface area contributed by atoms with Crippen LogP contribution in [-0.4, -0.2) is 69.9 Å². The largest absolute Gasteiger partial charge is 0.444 e. The fourth-order valence-electron chi connectivity index (χ4n) is 9.45. The number of hydrogen-bond donors (Lipinski definition) is 4. The van der Waals surface area contributed by atoms with E-state index in [-0.39, 0.29) is 63.4 Å². The van der Waals surface area contributed by atoms with Gasteiger partial charge in [0.15, 0.2) is 11.6 Å². The molecule has 4 heterocycles. The van der Waals surface area contributed by atoms with Crippen LogP contribution in [0.1, 0.15) is 165 Å². The van der Waals surface area contributed by atoms with E-state index in [1.54, 1.807) is 20.4 Å². The summed E-state index contributed by atoms with van der Waals surface area (Å²) >= 11 is 0. The van der Waals surface area contributed by atoms with Crippen LogP contribution >= 0.6 is 0 Å². The van der Waals surface area contributed by atoms with Gasteiger partial charge in [0, 0.05) is 61.5 Å². The van der Waals surface area contributed by atoms with Gasteiger partial charge in [-0.2, -0.15) is 0 Å². The van der Waals surface area contributed by atoms with Crippen molar-refractivity contribution in [2.45, 2.75) is 168 Å². The summed E-state index contributed by atoms with van der Waals surface area (Å²) in [4.78, 5) is 54.8. The standard InChI is InChI=1S/C38H51N3O6.C16H19N3.2CH4/c1-37(2,3)46-35(44)40-21-7-9-31(40)33(42)23-25-11-15-27(16-12-25)29-19-20-30(39-29)28-17-13-26(14-18-28)24-34(43)32-10-8-22-41(32)36(45)47-38(4,5)6;17-13-5-1-11(2-6-13)15-9-10-16(19-15)12-3-7-14(18)8-4-12;;/h11-18,29-32,39H,7-10,19-24H2,1-6H3;1-8,15-16,19H,9-10,17-18H2;2*1H4/t29?,30?,31-,32-;;;/m0.../s1/i/hD2. The molecule has 0 radical (unpaired) electrons. The molecule has 0 aromatic heterocycles. The number of anilines is 2. The summed E-state index contributed by atoms with van der Waals surface area (Å²) in [5, 5.41) is 3.37. The highest BCUT2D eigenvalue weighted by Gasteiger charge is 2.38. The summed E-state index contributed by atoms with van der Waals surface area (Å²) in [5.74, 6) is 0.0332. The molecule has 6 N–H and O–H groups in total. The number of nitrogens with one attached hydrogen (secondary N) is 2. The van der Waals surface area contributed by atoms with Crippen LogP contribution in [-0.2, 0) is 31.9 Å². The zero-order valence-corrected chi connectivity index (χ0v) is 39.6. The Morgan fingerprint density at radius 3 is 1.07 bits per heavy atom. The number of benzene rings is 4. The monoisotopic (exact) mass is 933 g/mol. The molecule has 12 nitrogen and oxygen atoms in total. The van der Waals surface area contributed by atoms with E-state index in [1.165, 1.54) is 0 Å². The molecule has 0 aliphatic carbocycles. The number of ether oxygens (including phenoxy) is 2. The van der Waals surface area contributed by atoms with E-state index in [1.807, 2.05) is 139 Å². The van der Waals surface area contributed by atoms with Gasteiger partial charge in [-0.1, -0.05) is 87.6 Å². The molecule has 6 atom stereocenters. The van der Waals surface area contributed by atoms with E-state index in [0.717, 1.165) is 83.3 Å². The minimum atomic E-state index is -0.610. The normalized spacial score (nSPS) is 23.3. The molecule has 4 aliphatic heterocycles. The average molecular weight is 933 g/mol. The molecule has 4 saturated heterocycles. The van der Waals surface area contributed by atoms with E-state index in [0.29, 0.717) is 25.9 Å². The summed E-state index contributed by atoms with van der Waals surface area (Å²) < 4.78 is 28.4. The van der Waals surface area contributed by atoms with E-state index < -0.39 is 35.5 Å². The third-order valence-electron chi connectivity index (χ3n) is 12.8. The first kappa shape index (κ1) is 50.2. The molecule has 368 valence electrons. The van der Waals surface area contributed by atoms with Crippen LogP contribution in [0, 0.1) is 0 Å². The number of amides is 2. The number of nitrogens with two attached hydrogens (primary N) is 2. The summed E-state index contributed by atoms with van der Waals surface area (Å²) in [6.45, 7) is 12.0. The average Bonchev–Trinajstić information content (AvgIpc) is 4.12. The molecule has 4 aromatic carbocycles. The summed E-state index contributed by atoms with van der Waals surface area (Å²) in [6.07, 6.45) is 6.15. The third-order valence-corrected chi connectivity index (χ3v) is 12.8. The molecule has 2 amide bonds. The Labute approximate surface area is 408 Å². The van der Waals surface area contributed by atoms with E-state index in [2.05, 4.69) is 0 Å². The Hall–Kier alpha value is -5.72. The zero-order valence-electron chi connectivity index (χ0n) is 41.6. The van der Waals surface area contributed by atoms with Crippen molar-refractivity contribution >= 4 is 35.1 Å². The predicted molar refractivity (Wildman–Crippen MR) is 273 cm³/mol. The summed E-state index contributed by atoms with van der Waals surface area (Å²) in [6, 6.07) is 30.8. The van der Waals surface area contributed by atoms with Gasteiger partial charge in [-0.15, -0.1) is 0 Å². The first-order chi connectivity index (χ1) is 32.2. The van der Waals surface area contributed by atoms with Crippen LogP contribution in [0.3, 0.4) is 0 Å². The van der Waals surface area contributed by atoms with Crippen LogP contribution in [0.5, 0.6) is 0 Å². The molecule has 0 saturated carbocycles. The number of carbonyl (C=O) groups excluding carboxylic acids is 4. The Bertz CT molecular complexity index is 2200. The van der Waals surface area contributed by atoms with E-state index in [4.69, 9.17) is 23.8 Å². The molecule has 12 heteroatoms. The van der Waals surface area contributed by atoms with Gasteiger partial charge >= 0.3 is 12.2 Å². The lowest BCUT2D eigenvalue weighted by Gasteiger charge is -2.28. The van der Waals surface area contributed by atoms with Crippen molar-refractivity contribution in [3.8, 4) is 0 Å². The van der Waals surface area contributed by atoms with Crippen molar-refractivity contribution in [2.24, 2.45) is 0 Å². The maximum atomic E-state index is 13.2. The number of nitrogen functional groups attached to an aromatic ring is 2. The zero-order chi connectivity index (χ0) is 48.9. The SMILES string of the molecule is C.C.[2H]N1C(c2ccc(CC(=O)[C@@H]3CCCN3C(=O)OC(C)(C)C)cc2)CCC1c1ccc(CC(=O)[C@@H]2CCCN2C(=O)OC(C)(C)C)cc1.[2H]N1C(c2ccc(N)cc2)CCC1c1ccc(N)cc1. The first-order valence-electron chi connectivity index (χ1n) is 24.6. The molecule has 4 aromatic rings. The van der Waals surface area contributed by atoms with Gasteiger partial charge in [-0.3, -0.25) is 19.4 Å². The van der Waals surface area contributed by atoms with Crippen LogP contribution in [0.25, 0.3) is 0 Å². The Balaban J connectivity index is 0.000000346. The highest BCUT2D eigenvalue weighted by atomic mass is 16.6. The number of rotatable bonds is 10. The maximum absolute atomic E-state index is 13.2. The van der Waals surface area contributed by atoms with Crippen LogP contribution in [0.15, 0.2) is 97.1 Å². The Morgan fingerprint density at radius 1 is 0.515 bits per heavy atom. The predicted octanol–water partition coefficient (Wildman–Crippen LogP) is 11.2. The molecule has 4 fully saturated rings. The van der Waals surface area contributed by atoms with Crippen molar-refractivity contribution < 1.29 is 31.5 Å². The van der Waals surface area contributed by atoms with Crippen molar-refractivity contribution in [3.63, 3.8) is 0 Å². The second kappa shape index (κ2) is 23.1. The molecule has 8 rings (SSSR count). The smallest absolute Gasteiger partial charge is 0.410 e. The Morgan fingerprint density at radius 2 is 0.794 bits per heavy atom. The van der Waals surface area contributed by atoms with E-state index in [9.17, 15) is 19.2 Å². The lowest BCUT2D eigenvalue weighted by atomic mass is 9.98. The van der Waals surface area contributed by atoms with Crippen molar-refractivity contribution in [1.29, 1.82) is 0 Å². The highest BCUT2D eigenvalue weighted by Crippen LogP contribution is 2.36. The van der Waals surface area contributed by atoms with Crippen LogP contribution < -0.4 is 22.1 Å². The summed E-state index contributed by atoms with van der Waals surface area (Å²) in [7, 11) is 0. The van der Waals surface area contributed by atoms with Crippen LogP contribution in [0.4, 0.5) is 21.0 Å². The Kier molecular flexibility index (Phi) is 17.0. The fourth-order valence-corrected chi connectivity index (χ4v) is 9.45. The lowest BCUT2D eigenvalue weighted by Crippen LogP contribution is -2.43. The second-order valence-electron chi connectivity index (χ2n) is 20.3. The van der Waals surface area contributed by atoms with Gasteiger partial charge in [0.05, 0.1) is 12.1 Å². The molecule has 0 bridgehead atoms. The van der Waals surface area contributed by atoms with Gasteiger partial charge in [0.25, 0.3) is 0 Å². The van der Waals surface area contributed by atoms with E-state index >= 15 is 0 Å². The number of carbonyl (C=O) groups is 4. The maximum Gasteiger partial charge on any atom is 0.410 e. The molecule has 4 unspecified atom stereocenters. The number of likely N-dealkylation sites (tertiary alicyclic amines) is 2. The minimum absolute atomic E-state index is 0. The number of nitrogens with zero attached hydrogens (tertiary/aromatic N) is 2. The summed E-state index contributed by atoms with van der Waals surface area (Å²) in [5.41, 5.74) is 17.9. The number of hydrogen-bond acceptors (Lipinski definition) is 10. The molecular formula is C56H78N6O6. The van der Waals surface area contributed by atoms with Gasteiger partial charge in [-0.25, -0.2) is 9.59 Å². The molecule has 4 aliphatic rings. The van der Waals surface area contributed by atoms with Crippen LogP contribution in [0.2, 0.25) is 2.82 Å². The van der Waals surface area contributed by atoms with Gasteiger partial charge in [0.1, 0.15) is 14.0 Å². The van der Waals surface area contributed by atoms with Crippen molar-refractivity contribution in [3.05, 3.63) is 130 Å². The molecular weight excluding hydrogens is 853 g/mol.